The van der Waals surface area contributed by atoms with Crippen molar-refractivity contribution in [3.05, 3.63) is 12.7 Å². The fourth-order valence-corrected chi connectivity index (χ4v) is 0.620. The summed E-state index contributed by atoms with van der Waals surface area (Å²) in [7, 11) is 0. The molecular weight excluding hydrogens is 153 g/mol. The first-order valence-electron chi connectivity index (χ1n) is 3.27. The van der Waals surface area contributed by atoms with Crippen LogP contribution in [0.4, 0.5) is 0 Å². The minimum atomic E-state index is -1.05. The normalized spacial score (nSPS) is 11.4. The van der Waals surface area contributed by atoms with Crippen LogP contribution in [0.5, 0.6) is 0 Å². The number of hydrogen-bond acceptors (Lipinski definition) is 3. The van der Waals surface area contributed by atoms with Crippen molar-refractivity contribution in [3.63, 3.8) is 0 Å². The number of carboxylic acid groups (broad SMARTS) is 1. The van der Waals surface area contributed by atoms with E-state index in [-0.39, 0.29) is 29.6 Å². The van der Waals surface area contributed by atoms with Crippen molar-refractivity contribution < 1.29 is 39.5 Å². The predicted octanol–water partition coefficient (Wildman–Crippen LogP) is -3.71. The van der Waals surface area contributed by atoms with Crippen LogP contribution < -0.4 is 40.0 Å². The summed E-state index contributed by atoms with van der Waals surface area (Å²) in [5.74, 6) is -1.05. The van der Waals surface area contributed by atoms with Gasteiger partial charge in [-0.25, -0.2) is 0 Å². The Labute approximate surface area is 89.2 Å². The van der Waals surface area contributed by atoms with Crippen LogP contribution in [0.15, 0.2) is 12.7 Å². The molecule has 0 aromatic rings. The third-order valence-electron chi connectivity index (χ3n) is 1.20. The number of hydrogen-bond donors (Lipinski definition) is 1. The molecule has 0 heterocycles. The van der Waals surface area contributed by atoms with Crippen molar-refractivity contribution in [2.75, 3.05) is 6.54 Å². The minimum Gasteiger partial charge on any atom is -0.548 e. The summed E-state index contributed by atoms with van der Waals surface area (Å²) in [6.07, 6.45) is 2.15. The van der Waals surface area contributed by atoms with E-state index in [1.807, 2.05) is 0 Å². The second-order valence-electron chi connectivity index (χ2n) is 1.98. The van der Waals surface area contributed by atoms with Gasteiger partial charge >= 0.3 is 29.6 Å². The average Bonchev–Trinajstić information content (AvgIpc) is 1.89. The maximum absolute atomic E-state index is 10.2. The van der Waals surface area contributed by atoms with Gasteiger partial charge in [0.05, 0.1) is 5.97 Å². The number of carbonyl (C=O) groups is 1. The Hall–Kier alpha value is 0.170. The molecule has 1 atom stereocenters. The van der Waals surface area contributed by atoms with E-state index < -0.39 is 12.0 Å². The van der Waals surface area contributed by atoms with E-state index in [1.54, 1.807) is 13.0 Å². The van der Waals surface area contributed by atoms with E-state index in [1.165, 1.54) is 0 Å². The molecule has 0 rings (SSSR count). The van der Waals surface area contributed by atoms with Crippen molar-refractivity contribution in [1.82, 2.24) is 5.32 Å². The average molecular weight is 165 g/mol. The number of rotatable bonds is 5. The smallest absolute Gasteiger partial charge is 0.548 e. The number of nitrogens with one attached hydrogen (secondary N) is 1. The van der Waals surface area contributed by atoms with Gasteiger partial charge in [0.2, 0.25) is 0 Å². The largest absolute Gasteiger partial charge is 1.00 e. The number of carboxylic acids is 1. The first-order chi connectivity index (χ1) is 4.72. The van der Waals surface area contributed by atoms with Gasteiger partial charge in [-0.15, -0.1) is 6.58 Å². The van der Waals surface area contributed by atoms with Gasteiger partial charge in [-0.2, -0.15) is 0 Å². The molecule has 0 aliphatic heterocycles. The standard InChI is InChI=1S/C7H13NO2.Na/c1-3-5-8-6(4-2)7(9)10;/h3,6,8H,1,4-5H2,2H3,(H,9,10);/q;+1/p-1. The second-order valence-corrected chi connectivity index (χ2v) is 1.98. The molecule has 0 saturated heterocycles. The zero-order valence-corrected chi connectivity index (χ0v) is 9.09. The molecule has 1 unspecified atom stereocenters. The Bertz CT molecular complexity index is 128. The van der Waals surface area contributed by atoms with Crippen LogP contribution in [-0.2, 0) is 4.79 Å². The SMILES string of the molecule is C=CCNC(CC)C(=O)[O-].[Na+]. The van der Waals surface area contributed by atoms with Crippen molar-refractivity contribution in [3.8, 4) is 0 Å². The molecule has 3 nitrogen and oxygen atoms in total. The maximum Gasteiger partial charge on any atom is 1.00 e. The van der Waals surface area contributed by atoms with Gasteiger partial charge in [-0.05, 0) is 6.42 Å². The van der Waals surface area contributed by atoms with Gasteiger partial charge in [0.1, 0.15) is 0 Å². The molecule has 0 amide bonds. The third-order valence-corrected chi connectivity index (χ3v) is 1.20. The molecule has 0 aromatic carbocycles. The fraction of sp³-hybridized carbons (Fsp3) is 0.571. The van der Waals surface area contributed by atoms with Crippen LogP contribution in [0.3, 0.4) is 0 Å². The first-order valence-corrected chi connectivity index (χ1v) is 3.27. The third kappa shape index (κ3) is 6.56. The van der Waals surface area contributed by atoms with E-state index in [2.05, 4.69) is 11.9 Å². The molecule has 0 fully saturated rings. The van der Waals surface area contributed by atoms with Crippen LogP contribution in [0, 0.1) is 0 Å². The quantitative estimate of drug-likeness (QED) is 0.337. The summed E-state index contributed by atoms with van der Waals surface area (Å²) in [6.45, 7) is 5.75. The Balaban J connectivity index is 0. The van der Waals surface area contributed by atoms with E-state index in [0.717, 1.165) is 0 Å². The molecule has 0 radical (unpaired) electrons. The van der Waals surface area contributed by atoms with Crippen molar-refractivity contribution in [2.45, 2.75) is 19.4 Å². The number of carbonyl (C=O) groups excluding carboxylic acids is 1. The zero-order valence-electron chi connectivity index (χ0n) is 7.09. The monoisotopic (exact) mass is 165 g/mol. The van der Waals surface area contributed by atoms with Gasteiger partial charge in [0.25, 0.3) is 0 Å². The summed E-state index contributed by atoms with van der Waals surface area (Å²) >= 11 is 0. The van der Waals surface area contributed by atoms with Crippen LogP contribution in [0.25, 0.3) is 0 Å². The summed E-state index contributed by atoms with van der Waals surface area (Å²) in [6, 6.07) is -0.544. The Morgan fingerprint density at radius 1 is 1.82 bits per heavy atom. The van der Waals surface area contributed by atoms with E-state index in [9.17, 15) is 9.90 Å². The Morgan fingerprint density at radius 2 is 2.36 bits per heavy atom. The van der Waals surface area contributed by atoms with E-state index in [4.69, 9.17) is 0 Å². The Kier molecular flexibility index (Phi) is 10.3. The molecule has 0 spiro atoms. The van der Waals surface area contributed by atoms with E-state index in [0.29, 0.717) is 13.0 Å². The first kappa shape index (κ1) is 13.7. The Morgan fingerprint density at radius 3 is 2.64 bits per heavy atom. The summed E-state index contributed by atoms with van der Waals surface area (Å²) in [5.41, 5.74) is 0. The molecule has 11 heavy (non-hydrogen) atoms. The second kappa shape index (κ2) is 8.27. The van der Waals surface area contributed by atoms with Gasteiger partial charge in [-0.1, -0.05) is 13.0 Å². The van der Waals surface area contributed by atoms with Crippen LogP contribution >= 0.6 is 0 Å². The van der Waals surface area contributed by atoms with Gasteiger partial charge < -0.3 is 15.2 Å². The minimum absolute atomic E-state index is 0. The van der Waals surface area contributed by atoms with Crippen molar-refractivity contribution in [1.29, 1.82) is 0 Å². The predicted molar refractivity (Wildman–Crippen MR) is 37.3 cm³/mol. The van der Waals surface area contributed by atoms with Crippen molar-refractivity contribution >= 4 is 5.97 Å². The molecule has 1 N–H and O–H groups in total. The van der Waals surface area contributed by atoms with Gasteiger partial charge in [0, 0.05) is 12.6 Å². The topological polar surface area (TPSA) is 52.2 Å². The van der Waals surface area contributed by atoms with Gasteiger partial charge in [-0.3, -0.25) is 0 Å². The van der Waals surface area contributed by atoms with Crippen molar-refractivity contribution in [2.24, 2.45) is 0 Å². The zero-order chi connectivity index (χ0) is 7.98. The molecule has 0 aliphatic rings. The molecule has 0 saturated carbocycles. The maximum atomic E-state index is 10.2. The molecule has 0 aromatic heterocycles. The summed E-state index contributed by atoms with van der Waals surface area (Å²) in [4.78, 5) is 10.2. The molecule has 0 bridgehead atoms. The van der Waals surface area contributed by atoms with Crippen LogP contribution in [0.1, 0.15) is 13.3 Å². The van der Waals surface area contributed by atoms with Crippen LogP contribution in [0.2, 0.25) is 0 Å². The summed E-state index contributed by atoms with van der Waals surface area (Å²) in [5, 5.41) is 13.0. The number of aliphatic carboxylic acids is 1. The van der Waals surface area contributed by atoms with E-state index >= 15 is 0 Å². The molecule has 4 heteroatoms. The van der Waals surface area contributed by atoms with Crippen LogP contribution in [-0.4, -0.2) is 18.6 Å². The molecule has 58 valence electrons. The summed E-state index contributed by atoms with van der Waals surface area (Å²) < 4.78 is 0. The molecular formula is C7H12NNaO2. The molecule has 0 aliphatic carbocycles. The fourth-order valence-electron chi connectivity index (χ4n) is 0.620. The van der Waals surface area contributed by atoms with Gasteiger partial charge in [0.15, 0.2) is 0 Å².